The topological polar surface area (TPSA) is 89.6 Å². The van der Waals surface area contributed by atoms with Crippen molar-refractivity contribution in [3.63, 3.8) is 0 Å². The predicted molar refractivity (Wildman–Crippen MR) is 93.1 cm³/mol. The maximum Gasteiger partial charge on any atom is 0.155 e. The Bertz CT molecular complexity index is 1230. The molecule has 1 N–H and O–H groups in total. The average Bonchev–Trinajstić information content (AvgIpc) is 3.33. The lowest BCUT2D eigenvalue weighted by Crippen LogP contribution is -1.95. The van der Waals surface area contributed by atoms with Crippen molar-refractivity contribution in [3.05, 3.63) is 48.4 Å². The number of fused-ring (bicyclic) bond motifs is 2. The van der Waals surface area contributed by atoms with Crippen molar-refractivity contribution >= 4 is 28.3 Å². The van der Waals surface area contributed by atoms with E-state index in [-0.39, 0.29) is 0 Å². The molecule has 0 aliphatic rings. The molecule has 8 nitrogen and oxygen atoms in total. The Kier molecular flexibility index (Phi) is 2.89. The number of nitrogens with zero attached hydrogens (tertiary/aromatic N) is 7. The van der Waals surface area contributed by atoms with Gasteiger partial charge in [0.15, 0.2) is 10.8 Å². The smallest absolute Gasteiger partial charge is 0.155 e. The third-order valence-corrected chi connectivity index (χ3v) is 4.30. The third-order valence-electron chi connectivity index (χ3n) is 4.04. The number of rotatable bonds is 2. The van der Waals surface area contributed by atoms with Crippen LogP contribution in [0.1, 0.15) is 0 Å². The van der Waals surface area contributed by atoms with Crippen molar-refractivity contribution in [1.29, 1.82) is 0 Å². The molecule has 0 spiro atoms. The monoisotopic (exact) mass is 350 g/mol. The second-order valence-electron chi connectivity index (χ2n) is 5.62. The summed E-state index contributed by atoms with van der Waals surface area (Å²) in [7, 11) is 1.87. The zero-order valence-electron chi connectivity index (χ0n) is 13.0. The predicted octanol–water partition coefficient (Wildman–Crippen LogP) is 2.72. The van der Waals surface area contributed by atoms with Gasteiger partial charge in [0.1, 0.15) is 12.0 Å². The molecule has 0 unspecified atom stereocenters. The highest BCUT2D eigenvalue weighted by Gasteiger charge is 2.16. The molecule has 0 saturated heterocycles. The van der Waals surface area contributed by atoms with Crippen LogP contribution in [0.15, 0.2) is 43.2 Å². The molecule has 25 heavy (non-hydrogen) atoms. The Morgan fingerprint density at radius 1 is 1.12 bits per heavy atom. The van der Waals surface area contributed by atoms with Gasteiger partial charge in [-0.15, -0.1) is 0 Å². The number of nitrogens with one attached hydrogen (secondary N) is 1. The van der Waals surface area contributed by atoms with E-state index in [4.69, 9.17) is 11.6 Å². The van der Waals surface area contributed by atoms with Gasteiger partial charge in [-0.3, -0.25) is 4.68 Å². The highest BCUT2D eigenvalue weighted by Crippen LogP contribution is 2.33. The lowest BCUT2D eigenvalue weighted by molar-refractivity contribution is 0.768. The van der Waals surface area contributed by atoms with Crippen LogP contribution in [-0.4, -0.2) is 39.3 Å². The van der Waals surface area contributed by atoms with Gasteiger partial charge in [-0.1, -0.05) is 11.6 Å². The normalized spacial score (nSPS) is 11.6. The van der Waals surface area contributed by atoms with E-state index in [0.29, 0.717) is 10.8 Å². The fourth-order valence-corrected chi connectivity index (χ4v) is 3.09. The number of hydrogen-bond acceptors (Lipinski definition) is 5. The van der Waals surface area contributed by atoms with E-state index in [1.807, 2.05) is 31.6 Å². The SMILES string of the molecule is Cn1cc(-c2ncnc3[nH]cc(-c4ccc5ncc(Cl)n5n4)c23)cn1. The molecule has 5 aromatic heterocycles. The Morgan fingerprint density at radius 2 is 2.04 bits per heavy atom. The van der Waals surface area contributed by atoms with Crippen molar-refractivity contribution in [3.8, 4) is 22.5 Å². The van der Waals surface area contributed by atoms with Crippen molar-refractivity contribution in [2.24, 2.45) is 7.05 Å². The first kappa shape index (κ1) is 14.1. The molecule has 5 aromatic rings. The first-order chi connectivity index (χ1) is 12.2. The highest BCUT2D eigenvalue weighted by molar-refractivity contribution is 6.29. The number of aryl methyl sites for hydroxylation is 1. The van der Waals surface area contributed by atoms with Gasteiger partial charge in [0.2, 0.25) is 0 Å². The van der Waals surface area contributed by atoms with Crippen LogP contribution in [0, 0.1) is 0 Å². The van der Waals surface area contributed by atoms with E-state index < -0.39 is 0 Å². The Balaban J connectivity index is 1.79. The van der Waals surface area contributed by atoms with Gasteiger partial charge in [-0.25, -0.2) is 19.5 Å². The molecule has 0 aromatic carbocycles. The zero-order valence-corrected chi connectivity index (χ0v) is 13.8. The molecule has 0 amide bonds. The van der Waals surface area contributed by atoms with E-state index in [1.54, 1.807) is 21.6 Å². The molecular formula is C16H11ClN8. The molecule has 5 rings (SSSR count). The lowest BCUT2D eigenvalue weighted by atomic mass is 10.1. The van der Waals surface area contributed by atoms with Gasteiger partial charge in [-0.2, -0.15) is 10.2 Å². The first-order valence-corrected chi connectivity index (χ1v) is 7.90. The van der Waals surface area contributed by atoms with Crippen LogP contribution in [0.4, 0.5) is 0 Å². The van der Waals surface area contributed by atoms with E-state index in [2.05, 4.69) is 30.1 Å². The van der Waals surface area contributed by atoms with Gasteiger partial charge in [0.05, 0.1) is 29.2 Å². The number of imidazole rings is 1. The molecule has 122 valence electrons. The first-order valence-electron chi connectivity index (χ1n) is 7.52. The van der Waals surface area contributed by atoms with E-state index in [9.17, 15) is 0 Å². The van der Waals surface area contributed by atoms with E-state index >= 15 is 0 Å². The van der Waals surface area contributed by atoms with Crippen LogP contribution >= 0.6 is 11.6 Å². The molecule has 0 fully saturated rings. The highest BCUT2D eigenvalue weighted by atomic mass is 35.5. The Labute approximate surface area is 146 Å². The van der Waals surface area contributed by atoms with Gasteiger partial charge in [0, 0.05) is 30.6 Å². The molecule has 9 heteroatoms. The number of hydrogen-bond donors (Lipinski definition) is 1. The fraction of sp³-hybridized carbons (Fsp3) is 0.0625. The largest absolute Gasteiger partial charge is 0.345 e. The molecule has 5 heterocycles. The molecule has 0 atom stereocenters. The minimum absolute atomic E-state index is 0.459. The van der Waals surface area contributed by atoms with E-state index in [0.717, 1.165) is 33.5 Å². The van der Waals surface area contributed by atoms with Crippen LogP contribution in [-0.2, 0) is 7.05 Å². The van der Waals surface area contributed by atoms with Gasteiger partial charge >= 0.3 is 0 Å². The van der Waals surface area contributed by atoms with Crippen LogP contribution in [0.5, 0.6) is 0 Å². The summed E-state index contributed by atoms with van der Waals surface area (Å²) >= 11 is 6.15. The Morgan fingerprint density at radius 3 is 2.88 bits per heavy atom. The second-order valence-corrected chi connectivity index (χ2v) is 6.01. The summed E-state index contributed by atoms with van der Waals surface area (Å²) in [5.41, 5.74) is 4.78. The maximum absolute atomic E-state index is 6.15. The van der Waals surface area contributed by atoms with Crippen molar-refractivity contribution in [2.75, 3.05) is 0 Å². The molecule has 0 aliphatic carbocycles. The number of aromatic nitrogens is 8. The molecule has 0 aliphatic heterocycles. The summed E-state index contributed by atoms with van der Waals surface area (Å²) in [6.07, 6.45) is 8.68. The number of H-pyrrole nitrogens is 1. The van der Waals surface area contributed by atoms with E-state index in [1.165, 1.54) is 6.33 Å². The van der Waals surface area contributed by atoms with Crippen molar-refractivity contribution in [2.45, 2.75) is 0 Å². The number of aromatic amines is 1. The minimum atomic E-state index is 0.459. The number of halogens is 1. The van der Waals surface area contributed by atoms with Crippen molar-refractivity contribution in [1.82, 2.24) is 39.3 Å². The summed E-state index contributed by atoms with van der Waals surface area (Å²) in [6.45, 7) is 0. The maximum atomic E-state index is 6.15. The second kappa shape index (κ2) is 5.12. The lowest BCUT2D eigenvalue weighted by Gasteiger charge is -2.04. The summed E-state index contributed by atoms with van der Waals surface area (Å²) in [5, 5.41) is 10.2. The quantitative estimate of drug-likeness (QED) is 0.528. The summed E-state index contributed by atoms with van der Waals surface area (Å²) < 4.78 is 3.34. The molecular weight excluding hydrogens is 340 g/mol. The summed E-state index contributed by atoms with van der Waals surface area (Å²) in [5.74, 6) is 0. The molecule has 0 bridgehead atoms. The van der Waals surface area contributed by atoms with Crippen LogP contribution in [0.25, 0.3) is 39.2 Å². The van der Waals surface area contributed by atoms with Gasteiger partial charge < -0.3 is 4.98 Å². The molecule has 0 radical (unpaired) electrons. The zero-order chi connectivity index (χ0) is 17.0. The fourth-order valence-electron chi connectivity index (χ4n) is 2.92. The minimum Gasteiger partial charge on any atom is -0.345 e. The summed E-state index contributed by atoms with van der Waals surface area (Å²) in [6, 6.07) is 3.78. The Hall–Kier alpha value is -3.26. The summed E-state index contributed by atoms with van der Waals surface area (Å²) in [4.78, 5) is 16.2. The van der Waals surface area contributed by atoms with Crippen LogP contribution < -0.4 is 0 Å². The van der Waals surface area contributed by atoms with Gasteiger partial charge in [0.25, 0.3) is 0 Å². The standard InChI is InChI=1S/C16H11ClN8/c1-24-7-9(4-22-24)15-14-10(5-19-16(14)21-8-20-15)11-2-3-13-18-6-12(17)25(13)23-11/h2-8H,1H3,(H,19,20,21). The third kappa shape index (κ3) is 2.11. The van der Waals surface area contributed by atoms with Crippen LogP contribution in [0.2, 0.25) is 5.15 Å². The molecule has 0 saturated carbocycles. The van der Waals surface area contributed by atoms with Gasteiger partial charge in [-0.05, 0) is 12.1 Å². The average molecular weight is 351 g/mol. The van der Waals surface area contributed by atoms with Crippen LogP contribution in [0.3, 0.4) is 0 Å². The van der Waals surface area contributed by atoms with Crippen molar-refractivity contribution < 1.29 is 0 Å².